The van der Waals surface area contributed by atoms with E-state index >= 15 is 0 Å². The summed E-state index contributed by atoms with van der Waals surface area (Å²) >= 11 is 0. The molecule has 0 aromatic heterocycles. The fraction of sp³-hybridized carbons (Fsp3) is 0.400. The lowest BCUT2D eigenvalue weighted by atomic mass is 9.36. The largest absolute Gasteiger partial charge is 0.489 e. The van der Waals surface area contributed by atoms with E-state index in [9.17, 15) is 14.4 Å². The molecule has 2 aromatic rings. The van der Waals surface area contributed by atoms with E-state index in [1.54, 1.807) is 18.2 Å². The maximum Gasteiger partial charge on any atom is 0.254 e. The lowest BCUT2D eigenvalue weighted by molar-refractivity contribution is -0.148. The summed E-state index contributed by atoms with van der Waals surface area (Å²) in [6.45, 7) is 4.42. The second-order valence-electron chi connectivity index (χ2n) is 9.72. The van der Waals surface area contributed by atoms with Gasteiger partial charge in [-0.15, -0.1) is 0 Å². The van der Waals surface area contributed by atoms with Gasteiger partial charge in [-0.05, 0) is 23.3 Å². The zero-order valence-corrected chi connectivity index (χ0v) is 20.4. The van der Waals surface area contributed by atoms with Crippen LogP contribution in [0.1, 0.15) is 33.5 Å². The monoisotopic (exact) mass is 489 g/mol. The smallest absolute Gasteiger partial charge is 0.254 e. The summed E-state index contributed by atoms with van der Waals surface area (Å²) in [5.41, 5.74) is 0.803. The number of ether oxygens (including phenoxy) is 2. The molecule has 180 valence electrons. The van der Waals surface area contributed by atoms with Crippen LogP contribution in [0, 0.1) is 0 Å². The number of rotatable bonds is 6. The van der Waals surface area contributed by atoms with Crippen LogP contribution in [0.25, 0.3) is 0 Å². The van der Waals surface area contributed by atoms with Gasteiger partial charge in [0.2, 0.25) is 19.8 Å². The second kappa shape index (κ2) is 9.72. The van der Waals surface area contributed by atoms with Crippen LogP contribution in [0.15, 0.2) is 42.5 Å². The van der Waals surface area contributed by atoms with Gasteiger partial charge in [0.1, 0.15) is 20.2 Å². The van der Waals surface area contributed by atoms with Gasteiger partial charge in [-0.3, -0.25) is 19.3 Å². The van der Waals surface area contributed by atoms with Crippen LogP contribution in [0.4, 0.5) is 0 Å². The maximum atomic E-state index is 13.3. The lowest BCUT2D eigenvalue weighted by Crippen LogP contribution is -2.71. The van der Waals surface area contributed by atoms with Crippen molar-refractivity contribution in [3.8, 4) is 5.75 Å². The van der Waals surface area contributed by atoms with E-state index < -0.39 is 34.8 Å². The Kier molecular flexibility index (Phi) is 6.75. The van der Waals surface area contributed by atoms with Crippen molar-refractivity contribution in [1.29, 1.82) is 0 Å². The molecule has 8 nitrogen and oxygen atoms in total. The number of fused-ring (bicyclic) bond motifs is 1. The number of benzene rings is 2. The predicted molar refractivity (Wildman–Crippen MR) is 138 cm³/mol. The maximum absolute atomic E-state index is 13.3. The number of morpholine rings is 1. The molecule has 1 unspecified atom stereocenters. The summed E-state index contributed by atoms with van der Waals surface area (Å²) in [5, 5.41) is -2.02. The topological polar surface area (TPSA) is 79.4 Å². The highest BCUT2D eigenvalue weighted by Gasteiger charge is 2.58. The SMILES string of the molecule is [B]N1C(=O)CC([B])([B])C([B])(N2Cc3c(OCc4ccc(CN5CCOCC5)cc4)cccc3C2=O)C1=O. The number of nitrogens with zero attached hydrogens (tertiary/aromatic N) is 3. The van der Waals surface area contributed by atoms with E-state index in [0.717, 1.165) is 43.3 Å². The van der Waals surface area contributed by atoms with Gasteiger partial charge >= 0.3 is 0 Å². The van der Waals surface area contributed by atoms with Gasteiger partial charge in [0, 0.05) is 37.2 Å². The first-order valence-corrected chi connectivity index (χ1v) is 12.0. The Balaban J connectivity index is 1.31. The summed E-state index contributed by atoms with van der Waals surface area (Å²) in [4.78, 5) is 42.1. The van der Waals surface area contributed by atoms with Crippen molar-refractivity contribution in [3.05, 3.63) is 64.7 Å². The fourth-order valence-corrected chi connectivity index (χ4v) is 4.98. The molecule has 3 amide bonds. The quantitative estimate of drug-likeness (QED) is 0.427. The number of hydrogen-bond donors (Lipinski definition) is 0. The number of hydrogen-bond acceptors (Lipinski definition) is 6. The van der Waals surface area contributed by atoms with Crippen LogP contribution < -0.4 is 4.74 Å². The fourth-order valence-electron chi connectivity index (χ4n) is 4.98. The van der Waals surface area contributed by atoms with Crippen molar-refractivity contribution in [2.75, 3.05) is 26.3 Å². The molecule has 2 saturated heterocycles. The molecule has 12 heteroatoms. The van der Waals surface area contributed by atoms with Crippen molar-refractivity contribution in [1.82, 2.24) is 14.6 Å². The van der Waals surface area contributed by atoms with Crippen molar-refractivity contribution in [2.45, 2.75) is 36.8 Å². The number of amides is 3. The molecule has 5 rings (SSSR count). The van der Waals surface area contributed by atoms with E-state index in [0.29, 0.717) is 21.7 Å². The molecule has 8 radical (unpaired) electrons. The van der Waals surface area contributed by atoms with Gasteiger partial charge in [0.25, 0.3) is 5.91 Å². The van der Waals surface area contributed by atoms with Gasteiger partial charge in [0.15, 0.2) is 0 Å². The van der Waals surface area contributed by atoms with Crippen molar-refractivity contribution >= 4 is 49.2 Å². The first-order valence-electron chi connectivity index (χ1n) is 12.0. The summed E-state index contributed by atoms with van der Waals surface area (Å²) in [7, 11) is 24.2. The first-order chi connectivity index (χ1) is 17.6. The lowest BCUT2D eigenvalue weighted by Gasteiger charge is -2.54. The number of carbonyl (C=O) groups is 3. The molecule has 0 N–H and O–H groups in total. The van der Waals surface area contributed by atoms with E-state index in [1.807, 2.05) is 12.1 Å². The molecule has 0 aliphatic carbocycles. The molecule has 2 aromatic carbocycles. The predicted octanol–water partition coefficient (Wildman–Crippen LogP) is 0.214. The highest BCUT2D eigenvalue weighted by molar-refractivity contribution is 6.54. The number of imide groups is 1. The van der Waals surface area contributed by atoms with Crippen molar-refractivity contribution in [3.63, 3.8) is 0 Å². The minimum Gasteiger partial charge on any atom is -0.489 e. The van der Waals surface area contributed by atoms with Crippen molar-refractivity contribution < 1.29 is 23.9 Å². The molecule has 2 fully saturated rings. The molecule has 0 spiro atoms. The van der Waals surface area contributed by atoms with Crippen LogP contribution >= 0.6 is 0 Å². The molecule has 3 heterocycles. The molecule has 0 bridgehead atoms. The molecular weight excluding hydrogens is 466 g/mol. The Morgan fingerprint density at radius 1 is 0.946 bits per heavy atom. The van der Waals surface area contributed by atoms with Crippen LogP contribution in [-0.2, 0) is 34.0 Å². The van der Waals surface area contributed by atoms with E-state index in [-0.39, 0.29) is 13.2 Å². The third-order valence-electron chi connectivity index (χ3n) is 7.24. The normalized spacial score (nSPS) is 23.8. The average Bonchev–Trinajstić information content (AvgIpc) is 3.23. The Hall–Kier alpha value is -2.97. The third-order valence-corrected chi connectivity index (χ3v) is 7.24. The van der Waals surface area contributed by atoms with Crippen LogP contribution in [0.2, 0.25) is 5.21 Å². The highest BCUT2D eigenvalue weighted by atomic mass is 16.5. The van der Waals surface area contributed by atoms with Gasteiger partial charge in [-0.2, -0.15) is 0 Å². The minimum atomic E-state index is -2.22. The molecule has 37 heavy (non-hydrogen) atoms. The van der Waals surface area contributed by atoms with E-state index in [4.69, 9.17) is 41.0 Å². The van der Waals surface area contributed by atoms with E-state index in [1.165, 1.54) is 5.56 Å². The molecular formula is C25H23B4N3O5. The molecule has 0 saturated carbocycles. The Bertz CT molecular complexity index is 1240. The first kappa shape index (κ1) is 25.7. The Labute approximate surface area is 221 Å². The minimum absolute atomic E-state index is 0.0801. The Morgan fingerprint density at radius 3 is 2.32 bits per heavy atom. The second-order valence-corrected chi connectivity index (χ2v) is 9.72. The zero-order valence-electron chi connectivity index (χ0n) is 20.4. The third kappa shape index (κ3) is 4.50. The molecule has 1 atom stereocenters. The number of carbonyl (C=O) groups excluding carboxylic acids is 3. The van der Waals surface area contributed by atoms with Gasteiger partial charge in [-0.25, -0.2) is 0 Å². The average molecular weight is 489 g/mol. The summed E-state index contributed by atoms with van der Waals surface area (Å²) in [6, 6.07) is 13.2. The van der Waals surface area contributed by atoms with Gasteiger partial charge in [-0.1, -0.05) is 35.5 Å². The summed E-state index contributed by atoms with van der Waals surface area (Å²) in [5.74, 6) is -1.90. The van der Waals surface area contributed by atoms with Gasteiger partial charge in [0.05, 0.1) is 40.9 Å². The van der Waals surface area contributed by atoms with Crippen LogP contribution in [-0.4, -0.2) is 95.6 Å². The standard InChI is InChI=1S/C25H23B4N3O5/c26-24(27)12-21(33)32(29)23(35)25(24,28)31-14-19-18(22(31)34)2-1-3-20(19)37-15-17-6-4-16(5-7-17)13-30-8-10-36-11-9-30/h1-7H,8-15H2. The molecule has 3 aliphatic heterocycles. The van der Waals surface area contributed by atoms with Crippen molar-refractivity contribution in [2.24, 2.45) is 0 Å². The zero-order chi connectivity index (χ0) is 26.4. The van der Waals surface area contributed by atoms with Crippen LogP contribution in [0.5, 0.6) is 5.75 Å². The van der Waals surface area contributed by atoms with E-state index in [2.05, 4.69) is 17.0 Å². The summed E-state index contributed by atoms with van der Waals surface area (Å²) < 4.78 is 11.5. The van der Waals surface area contributed by atoms with Crippen LogP contribution in [0.3, 0.4) is 0 Å². The van der Waals surface area contributed by atoms with Gasteiger partial charge < -0.3 is 19.2 Å². The molecule has 3 aliphatic rings. The highest BCUT2D eigenvalue weighted by Crippen LogP contribution is 2.47. The Morgan fingerprint density at radius 2 is 1.62 bits per heavy atom. The summed E-state index contributed by atoms with van der Waals surface area (Å²) in [6.07, 6.45) is -0.503. The number of piperidine rings is 1.